The number of aliphatic imine (C=N–C) groups is 1. The van der Waals surface area contributed by atoms with Crippen LogP contribution in [0.1, 0.15) is 73.1 Å². The van der Waals surface area contributed by atoms with Crippen LogP contribution >= 0.6 is 0 Å². The van der Waals surface area contributed by atoms with E-state index in [4.69, 9.17) is 20.9 Å². The molecule has 1 fully saturated rings. The van der Waals surface area contributed by atoms with Crippen molar-refractivity contribution in [3.8, 4) is 0 Å². The van der Waals surface area contributed by atoms with E-state index in [2.05, 4.69) is 15.6 Å². The van der Waals surface area contributed by atoms with Gasteiger partial charge in [-0.25, -0.2) is 0 Å². The molecule has 4 atom stereocenters. The Hall–Kier alpha value is -2.24. The van der Waals surface area contributed by atoms with Gasteiger partial charge in [-0.3, -0.25) is 14.6 Å². The Bertz CT molecular complexity index is 724. The number of nitrogens with one attached hydrogen (secondary N) is 2. The molecule has 6 N–H and O–H groups in total. The molecule has 0 aromatic carbocycles. The number of piperidine rings is 1. The van der Waals surface area contributed by atoms with E-state index in [0.29, 0.717) is 32.0 Å². The summed E-state index contributed by atoms with van der Waals surface area (Å²) in [6.45, 7) is 10.0. The molecular weight excluding hydrogens is 452 g/mol. The van der Waals surface area contributed by atoms with Crippen molar-refractivity contribution < 1.29 is 23.9 Å². The average molecular weight is 499 g/mol. The number of hydrogen-bond acceptors (Lipinski definition) is 7. The van der Waals surface area contributed by atoms with Crippen molar-refractivity contribution in [2.75, 3.05) is 26.8 Å². The van der Waals surface area contributed by atoms with Gasteiger partial charge in [-0.1, -0.05) is 6.42 Å². The highest BCUT2D eigenvalue weighted by Gasteiger charge is 2.35. The minimum atomic E-state index is -0.880. The van der Waals surface area contributed by atoms with Gasteiger partial charge < -0.3 is 41.3 Å². The molecule has 0 aromatic heterocycles. The smallest absolute Gasteiger partial charge is 0.242 e. The molecule has 4 unspecified atom stereocenters. The Labute approximate surface area is 209 Å². The van der Waals surface area contributed by atoms with Crippen LogP contribution in [0, 0.1) is 0 Å². The Morgan fingerprint density at radius 2 is 1.86 bits per heavy atom. The first-order chi connectivity index (χ1) is 16.4. The Kier molecular flexibility index (Phi) is 13.2. The Morgan fingerprint density at radius 1 is 1.17 bits per heavy atom. The standard InChI is InChI=1S/C24H46N6O5/c1-16(31)11-8-7-9-14-34-22-19(12-10-13-30(22)23(26)27-6)29-20(32)17(2)28-21(33)18(25)15-35-24(3,4)5/h17-19,22H,7-15,25H2,1-6H3,(H2,26,27)(H,28,33)(H,29,32). The molecule has 1 aliphatic heterocycles. The van der Waals surface area contributed by atoms with Crippen LogP contribution < -0.4 is 22.1 Å². The minimum Gasteiger partial charge on any atom is -0.374 e. The van der Waals surface area contributed by atoms with Gasteiger partial charge >= 0.3 is 0 Å². The highest BCUT2D eigenvalue weighted by Crippen LogP contribution is 2.20. The second kappa shape index (κ2) is 15.0. The third-order valence-electron chi connectivity index (χ3n) is 5.66. The molecule has 1 heterocycles. The number of ether oxygens (including phenoxy) is 2. The molecule has 2 amide bonds. The molecule has 1 aliphatic rings. The zero-order valence-electron chi connectivity index (χ0n) is 22.3. The predicted molar refractivity (Wildman–Crippen MR) is 136 cm³/mol. The summed E-state index contributed by atoms with van der Waals surface area (Å²) in [5.74, 6) is -0.265. The molecule has 0 aliphatic carbocycles. The predicted octanol–water partition coefficient (Wildman–Crippen LogP) is 0.651. The Balaban J connectivity index is 2.69. The summed E-state index contributed by atoms with van der Waals surface area (Å²) in [5, 5.41) is 5.65. The molecule has 0 aromatic rings. The molecule has 202 valence electrons. The van der Waals surface area contributed by atoms with Crippen LogP contribution in [-0.2, 0) is 23.9 Å². The van der Waals surface area contributed by atoms with E-state index in [0.717, 1.165) is 25.7 Å². The number of hydrogen-bond donors (Lipinski definition) is 4. The van der Waals surface area contributed by atoms with Gasteiger partial charge in [0.1, 0.15) is 17.9 Å². The van der Waals surface area contributed by atoms with Gasteiger partial charge in [-0.2, -0.15) is 0 Å². The lowest BCUT2D eigenvalue weighted by Crippen LogP contribution is -2.62. The van der Waals surface area contributed by atoms with Crippen LogP contribution in [0.15, 0.2) is 4.99 Å². The van der Waals surface area contributed by atoms with Gasteiger partial charge in [0.15, 0.2) is 12.2 Å². The molecule has 0 spiro atoms. The quantitative estimate of drug-likeness (QED) is 0.163. The van der Waals surface area contributed by atoms with Gasteiger partial charge in [-0.15, -0.1) is 0 Å². The second-order valence-corrected chi connectivity index (χ2v) is 10.1. The maximum atomic E-state index is 12.9. The van der Waals surface area contributed by atoms with E-state index in [1.165, 1.54) is 0 Å². The zero-order chi connectivity index (χ0) is 26.6. The van der Waals surface area contributed by atoms with Crippen molar-refractivity contribution in [1.82, 2.24) is 15.5 Å². The maximum Gasteiger partial charge on any atom is 0.242 e. The number of Topliss-reactive ketones (excluding diaryl/α,β-unsaturated/α-hetero) is 1. The van der Waals surface area contributed by atoms with Gasteiger partial charge in [0, 0.05) is 26.6 Å². The summed E-state index contributed by atoms with van der Waals surface area (Å²) in [5.41, 5.74) is 11.6. The third-order valence-corrected chi connectivity index (χ3v) is 5.66. The molecule has 1 saturated heterocycles. The summed E-state index contributed by atoms with van der Waals surface area (Å²) in [7, 11) is 1.61. The van der Waals surface area contributed by atoms with Crippen molar-refractivity contribution >= 4 is 23.6 Å². The van der Waals surface area contributed by atoms with E-state index in [9.17, 15) is 14.4 Å². The summed E-state index contributed by atoms with van der Waals surface area (Å²) < 4.78 is 11.7. The normalized spacial score (nSPS) is 20.8. The van der Waals surface area contributed by atoms with Crippen LogP contribution in [0.5, 0.6) is 0 Å². The lowest BCUT2D eigenvalue weighted by molar-refractivity contribution is -0.133. The number of rotatable bonds is 13. The summed E-state index contributed by atoms with van der Waals surface area (Å²) in [6.07, 6.45) is 4.09. The van der Waals surface area contributed by atoms with Crippen LogP contribution in [0.2, 0.25) is 0 Å². The lowest BCUT2D eigenvalue weighted by atomic mass is 10.0. The van der Waals surface area contributed by atoms with E-state index in [-0.39, 0.29) is 24.3 Å². The van der Waals surface area contributed by atoms with E-state index >= 15 is 0 Å². The monoisotopic (exact) mass is 498 g/mol. The van der Waals surface area contributed by atoms with Crippen LogP contribution in [0.25, 0.3) is 0 Å². The Morgan fingerprint density at radius 3 is 2.46 bits per heavy atom. The van der Waals surface area contributed by atoms with E-state index in [1.807, 2.05) is 25.7 Å². The number of likely N-dealkylation sites (tertiary alicyclic amines) is 1. The highest BCUT2D eigenvalue weighted by molar-refractivity contribution is 5.89. The SMILES string of the molecule is CN=C(N)N1CCCC(NC(=O)C(C)NC(=O)C(N)COC(C)(C)C)C1OCCCCCC(C)=O. The van der Waals surface area contributed by atoms with Crippen LogP contribution in [0.3, 0.4) is 0 Å². The number of amides is 2. The number of nitrogens with two attached hydrogens (primary N) is 2. The first-order valence-corrected chi connectivity index (χ1v) is 12.5. The van der Waals surface area contributed by atoms with Gasteiger partial charge in [0.25, 0.3) is 0 Å². The number of carbonyl (C=O) groups is 3. The molecule has 0 radical (unpaired) electrons. The fourth-order valence-corrected chi connectivity index (χ4v) is 3.66. The number of guanidine groups is 1. The van der Waals surface area contributed by atoms with Crippen molar-refractivity contribution in [1.29, 1.82) is 0 Å². The topological polar surface area (TPSA) is 161 Å². The average Bonchev–Trinajstić information content (AvgIpc) is 2.78. The van der Waals surface area contributed by atoms with Crippen LogP contribution in [0.4, 0.5) is 0 Å². The number of unbranched alkanes of at least 4 members (excludes halogenated alkanes) is 2. The largest absolute Gasteiger partial charge is 0.374 e. The number of ketones is 1. The van der Waals surface area contributed by atoms with Gasteiger partial charge in [-0.05, 0) is 60.3 Å². The van der Waals surface area contributed by atoms with Crippen molar-refractivity contribution in [2.24, 2.45) is 16.5 Å². The molecule has 1 rings (SSSR count). The maximum absolute atomic E-state index is 12.9. The summed E-state index contributed by atoms with van der Waals surface area (Å²) >= 11 is 0. The number of nitrogens with zero attached hydrogens (tertiary/aromatic N) is 2. The fraction of sp³-hybridized carbons (Fsp3) is 0.833. The highest BCUT2D eigenvalue weighted by atomic mass is 16.5. The third kappa shape index (κ3) is 11.8. The number of carbonyl (C=O) groups excluding carboxylic acids is 3. The zero-order valence-corrected chi connectivity index (χ0v) is 22.3. The van der Waals surface area contributed by atoms with Gasteiger partial charge in [0.2, 0.25) is 11.8 Å². The van der Waals surface area contributed by atoms with Gasteiger partial charge in [0.05, 0.1) is 18.2 Å². The fourth-order valence-electron chi connectivity index (χ4n) is 3.66. The van der Waals surface area contributed by atoms with Crippen LogP contribution in [-0.4, -0.2) is 85.2 Å². The molecule has 11 nitrogen and oxygen atoms in total. The molecule has 0 bridgehead atoms. The van der Waals surface area contributed by atoms with Crippen molar-refractivity contribution in [2.45, 2.75) is 103 Å². The molecule has 11 heteroatoms. The summed E-state index contributed by atoms with van der Waals surface area (Å²) in [4.78, 5) is 42.3. The molecule has 0 saturated carbocycles. The second-order valence-electron chi connectivity index (χ2n) is 10.1. The van der Waals surface area contributed by atoms with Crippen molar-refractivity contribution in [3.63, 3.8) is 0 Å². The molecular formula is C24H46N6O5. The van der Waals surface area contributed by atoms with E-state index in [1.54, 1.807) is 20.9 Å². The minimum absolute atomic E-state index is 0.0548. The van der Waals surface area contributed by atoms with Crippen molar-refractivity contribution in [3.05, 3.63) is 0 Å². The van der Waals surface area contributed by atoms with E-state index < -0.39 is 29.8 Å². The summed E-state index contributed by atoms with van der Waals surface area (Å²) in [6, 6.07) is -2.00. The first kappa shape index (κ1) is 30.8. The first-order valence-electron chi connectivity index (χ1n) is 12.5. The lowest BCUT2D eigenvalue weighted by Gasteiger charge is -2.42. The molecule has 35 heavy (non-hydrogen) atoms.